The largest absolute Gasteiger partial charge is 0.376 e. The third kappa shape index (κ3) is 5.17. The molecule has 0 aliphatic carbocycles. The van der Waals surface area contributed by atoms with E-state index in [0.29, 0.717) is 26.1 Å². The van der Waals surface area contributed by atoms with Crippen LogP contribution >= 0.6 is 0 Å². The van der Waals surface area contributed by atoms with E-state index in [1.165, 1.54) is 0 Å². The summed E-state index contributed by atoms with van der Waals surface area (Å²) in [6.45, 7) is 12.7. The predicted molar refractivity (Wildman–Crippen MR) is 151 cm³/mol. The molecule has 6 rings (SSSR count). The highest BCUT2D eigenvalue weighted by Gasteiger charge is 2.56. The van der Waals surface area contributed by atoms with Crippen LogP contribution in [0.25, 0.3) is 0 Å². The Balaban J connectivity index is 1.38. The number of hydrazine groups is 2. The summed E-state index contributed by atoms with van der Waals surface area (Å²) < 4.78 is 22.8. The third-order valence-corrected chi connectivity index (χ3v) is 10.1. The van der Waals surface area contributed by atoms with Crippen LogP contribution < -0.4 is 26.9 Å². The summed E-state index contributed by atoms with van der Waals surface area (Å²) >= 11 is 0. The van der Waals surface area contributed by atoms with Crippen molar-refractivity contribution in [3.8, 4) is 0 Å². The Morgan fingerprint density at radius 3 is 2.71 bits per heavy atom. The van der Waals surface area contributed by atoms with Crippen molar-refractivity contribution >= 4 is 11.9 Å². The van der Waals surface area contributed by atoms with Gasteiger partial charge in [-0.1, -0.05) is 13.8 Å². The first kappa shape index (κ1) is 28.9. The zero-order valence-electron chi connectivity index (χ0n) is 25.0. The van der Waals surface area contributed by atoms with Crippen molar-refractivity contribution in [2.24, 2.45) is 11.8 Å². The number of alkyl halides is 1. The summed E-state index contributed by atoms with van der Waals surface area (Å²) in [5.74, 6) is 0.120. The van der Waals surface area contributed by atoms with Crippen molar-refractivity contribution in [2.75, 3.05) is 26.2 Å². The SMILES string of the molecule is CC(=O)N1C[C@H](C)N(C2NC(=O)N3C4NC(C(F)CC42)N2NNC=C2CCCOC2CCNC(C(C)C)C23)C[C@H]1C. The number of ether oxygens (including phenoxy) is 1. The van der Waals surface area contributed by atoms with Crippen molar-refractivity contribution in [2.45, 2.75) is 115 Å². The van der Waals surface area contributed by atoms with E-state index in [2.05, 4.69) is 52.6 Å². The molecule has 5 saturated heterocycles. The molecule has 6 heterocycles. The van der Waals surface area contributed by atoms with Gasteiger partial charge < -0.3 is 30.6 Å². The van der Waals surface area contributed by atoms with E-state index in [1.807, 2.05) is 27.9 Å². The maximum atomic E-state index is 16.3. The molecule has 0 radical (unpaired) electrons. The summed E-state index contributed by atoms with van der Waals surface area (Å²) in [5, 5.41) is 12.5. The van der Waals surface area contributed by atoms with Crippen LogP contribution in [0.2, 0.25) is 0 Å². The van der Waals surface area contributed by atoms with Crippen LogP contribution in [-0.4, -0.2) is 113 Å². The molecule has 10 atom stereocenters. The fourth-order valence-electron chi connectivity index (χ4n) is 8.14. The number of halogens is 1. The van der Waals surface area contributed by atoms with Gasteiger partial charge in [0.1, 0.15) is 12.3 Å². The van der Waals surface area contributed by atoms with Gasteiger partial charge in [0.25, 0.3) is 0 Å². The van der Waals surface area contributed by atoms with Crippen LogP contribution in [0.5, 0.6) is 0 Å². The Bertz CT molecular complexity index is 1030. The van der Waals surface area contributed by atoms with Gasteiger partial charge in [0.15, 0.2) is 0 Å². The van der Waals surface area contributed by atoms with E-state index in [-0.39, 0.29) is 60.2 Å². The van der Waals surface area contributed by atoms with Gasteiger partial charge in [-0.3, -0.25) is 20.0 Å². The summed E-state index contributed by atoms with van der Waals surface area (Å²) in [6, 6.07) is -0.293. The number of nitrogens with one attached hydrogen (secondary N) is 5. The number of piperazine rings is 1. The Hall–Kier alpha value is -2.19. The number of amides is 3. The van der Waals surface area contributed by atoms with Crippen molar-refractivity contribution in [1.29, 1.82) is 0 Å². The lowest BCUT2D eigenvalue weighted by Crippen LogP contribution is -2.81. The van der Waals surface area contributed by atoms with Gasteiger partial charge >= 0.3 is 6.03 Å². The molecule has 0 aromatic carbocycles. The summed E-state index contributed by atoms with van der Waals surface area (Å²) in [6.07, 6.45) is 1.88. The minimum absolute atomic E-state index is 0.00127. The Kier molecular flexibility index (Phi) is 8.09. The fraction of sp³-hybridized carbons (Fsp3) is 0.857. The molecule has 6 aliphatic heterocycles. The third-order valence-electron chi connectivity index (χ3n) is 10.1. The van der Waals surface area contributed by atoms with E-state index >= 15 is 4.39 Å². The first-order valence-electron chi connectivity index (χ1n) is 15.5. The lowest BCUT2D eigenvalue weighted by Gasteiger charge is -2.60. The van der Waals surface area contributed by atoms with Gasteiger partial charge in [-0.05, 0) is 52.0 Å². The monoisotopic (exact) mass is 577 g/mol. The Morgan fingerprint density at radius 1 is 1.15 bits per heavy atom. The molecular weight excluding hydrogens is 529 g/mol. The second kappa shape index (κ2) is 11.5. The summed E-state index contributed by atoms with van der Waals surface area (Å²) in [5.41, 5.74) is 7.15. The summed E-state index contributed by atoms with van der Waals surface area (Å²) in [4.78, 5) is 32.7. The highest BCUT2D eigenvalue weighted by molar-refractivity contribution is 5.77. The number of carbonyl (C=O) groups excluding carboxylic acids is 2. The number of urea groups is 1. The Morgan fingerprint density at radius 2 is 1.95 bits per heavy atom. The molecule has 5 fully saturated rings. The molecule has 13 heteroatoms. The van der Waals surface area contributed by atoms with Gasteiger partial charge in [-0.15, -0.1) is 5.53 Å². The molecule has 6 aliphatic rings. The molecule has 8 unspecified atom stereocenters. The van der Waals surface area contributed by atoms with Crippen molar-refractivity contribution < 1.29 is 18.7 Å². The second-order valence-electron chi connectivity index (χ2n) is 13.1. The molecule has 2 bridgehead atoms. The minimum Gasteiger partial charge on any atom is -0.376 e. The topological polar surface area (TPSA) is 116 Å². The zero-order valence-corrected chi connectivity index (χ0v) is 25.0. The van der Waals surface area contributed by atoms with Gasteiger partial charge in [-0.2, -0.15) is 0 Å². The van der Waals surface area contributed by atoms with E-state index in [1.54, 1.807) is 6.92 Å². The molecule has 0 aromatic heterocycles. The molecular formula is C28H48FN9O3. The maximum Gasteiger partial charge on any atom is 0.320 e. The lowest BCUT2D eigenvalue weighted by atomic mass is 9.81. The molecule has 0 spiro atoms. The molecule has 12 nitrogen and oxygen atoms in total. The van der Waals surface area contributed by atoms with Crippen LogP contribution in [0, 0.1) is 11.8 Å². The number of rotatable bonds is 2. The second-order valence-corrected chi connectivity index (χ2v) is 13.1. The number of carbonyl (C=O) groups is 2. The highest BCUT2D eigenvalue weighted by Crippen LogP contribution is 2.39. The smallest absolute Gasteiger partial charge is 0.320 e. The maximum absolute atomic E-state index is 16.3. The summed E-state index contributed by atoms with van der Waals surface area (Å²) in [7, 11) is 0. The number of hydrogen-bond donors (Lipinski definition) is 5. The van der Waals surface area contributed by atoms with Crippen molar-refractivity contribution in [3.63, 3.8) is 0 Å². The van der Waals surface area contributed by atoms with Crippen LogP contribution in [0.15, 0.2) is 11.9 Å². The molecule has 0 saturated carbocycles. The molecule has 41 heavy (non-hydrogen) atoms. The van der Waals surface area contributed by atoms with E-state index in [4.69, 9.17) is 4.74 Å². The average Bonchev–Trinajstić information content (AvgIpc) is 3.39. The van der Waals surface area contributed by atoms with Gasteiger partial charge in [0.05, 0.1) is 30.2 Å². The van der Waals surface area contributed by atoms with Crippen LogP contribution in [0.4, 0.5) is 9.18 Å². The molecule has 5 N–H and O–H groups in total. The lowest BCUT2D eigenvalue weighted by molar-refractivity contribution is -0.142. The van der Waals surface area contributed by atoms with E-state index in [0.717, 1.165) is 31.5 Å². The van der Waals surface area contributed by atoms with Gasteiger partial charge in [0.2, 0.25) is 5.91 Å². The van der Waals surface area contributed by atoms with Gasteiger partial charge in [-0.25, -0.2) is 9.18 Å². The number of nitrogens with zero attached hydrogens (tertiary/aromatic N) is 4. The number of allylic oxidation sites excluding steroid dienone is 1. The highest BCUT2D eigenvalue weighted by atomic mass is 19.1. The zero-order chi connectivity index (χ0) is 29.0. The number of piperidine rings is 2. The van der Waals surface area contributed by atoms with Crippen LogP contribution in [0.3, 0.4) is 0 Å². The first-order chi connectivity index (χ1) is 19.7. The predicted octanol–water partition coefficient (Wildman–Crippen LogP) is 0.610. The van der Waals surface area contributed by atoms with E-state index in [9.17, 15) is 9.59 Å². The van der Waals surface area contributed by atoms with Gasteiger partial charge in [0, 0.05) is 56.9 Å². The van der Waals surface area contributed by atoms with Crippen LogP contribution in [0.1, 0.15) is 60.3 Å². The molecule has 0 aromatic rings. The molecule has 3 amide bonds. The average molecular weight is 578 g/mol. The molecule has 230 valence electrons. The van der Waals surface area contributed by atoms with Crippen molar-refractivity contribution in [1.82, 2.24) is 46.6 Å². The quantitative estimate of drug-likeness (QED) is 0.322. The van der Waals surface area contributed by atoms with Crippen molar-refractivity contribution in [3.05, 3.63) is 11.9 Å². The van der Waals surface area contributed by atoms with E-state index < -0.39 is 18.5 Å². The normalized spacial score (nSPS) is 41.9. The fourth-order valence-corrected chi connectivity index (χ4v) is 8.14. The first-order valence-corrected chi connectivity index (χ1v) is 15.5. The standard InChI is InChI=1S/C28H48FN9O3/c1-15(2)23-24-22(8-9-30-23)41-10-6-7-19-12-31-34-38(19)27-21(29)11-20-25(33-28(40)37(24)26(20)32-27)36-14-16(3)35(18(5)39)13-17(36)4/h12,15-17,20-27,30-32,34H,6-11,13-14H2,1-5H3,(H,33,40)/t16-,17+,20?,21?,22?,23?,24?,25?,26?,27?/m1/s1. The minimum atomic E-state index is -1.17. The number of fused-ring (bicyclic) bond motifs is 5. The van der Waals surface area contributed by atoms with Crippen LogP contribution in [-0.2, 0) is 9.53 Å². The number of hydrogen-bond acceptors (Lipinski definition) is 9. The Labute approximate surface area is 242 Å².